The van der Waals surface area contributed by atoms with E-state index in [4.69, 9.17) is 11.6 Å². The van der Waals surface area contributed by atoms with Crippen LogP contribution in [0.25, 0.3) is 10.9 Å². The lowest BCUT2D eigenvalue weighted by molar-refractivity contribution is 0.949. The first kappa shape index (κ1) is 9.21. The predicted octanol–water partition coefficient (Wildman–Crippen LogP) is 1.70. The second-order valence-corrected chi connectivity index (χ2v) is 3.35. The largest absolute Gasteiger partial charge is 0.310 e. The monoisotopic (exact) mass is 208 g/mol. The van der Waals surface area contributed by atoms with Gasteiger partial charge in [-0.2, -0.15) is 0 Å². The number of alkyl halides is 1. The highest BCUT2D eigenvalue weighted by atomic mass is 35.5. The van der Waals surface area contributed by atoms with Gasteiger partial charge in [0.05, 0.1) is 10.9 Å². The smallest absolute Gasteiger partial charge is 0.258 e. The molecule has 2 rings (SSSR count). The average Bonchev–Trinajstić information content (AvgIpc) is 2.18. The van der Waals surface area contributed by atoms with Crippen molar-refractivity contribution in [2.75, 3.05) is 5.88 Å². The number of para-hydroxylation sites is 1. The highest BCUT2D eigenvalue weighted by Gasteiger charge is 2.01. The first-order valence-corrected chi connectivity index (χ1v) is 4.88. The molecule has 1 aromatic heterocycles. The van der Waals surface area contributed by atoms with Crippen LogP contribution in [-0.4, -0.2) is 15.8 Å². The Labute approximate surface area is 85.7 Å². The van der Waals surface area contributed by atoms with Gasteiger partial charge in [-0.15, -0.1) is 11.6 Å². The molecule has 0 aliphatic rings. The molecule has 0 bridgehead atoms. The van der Waals surface area contributed by atoms with Crippen molar-refractivity contribution in [1.29, 1.82) is 0 Å². The Kier molecular flexibility index (Phi) is 2.50. The van der Waals surface area contributed by atoms with E-state index in [1.165, 1.54) is 0 Å². The van der Waals surface area contributed by atoms with E-state index in [9.17, 15) is 4.79 Å². The van der Waals surface area contributed by atoms with E-state index in [0.29, 0.717) is 23.5 Å². The van der Waals surface area contributed by atoms with Crippen LogP contribution in [0.2, 0.25) is 0 Å². The molecule has 0 aliphatic heterocycles. The standard InChI is InChI=1S/C10H9ClN2O/c11-6-5-9-12-8-4-2-1-3-7(8)10(14)13-9/h1-4H,5-6H2,(H,12,13,14). The summed E-state index contributed by atoms with van der Waals surface area (Å²) in [6.45, 7) is 0. The lowest BCUT2D eigenvalue weighted by Crippen LogP contribution is -2.12. The number of H-pyrrole nitrogens is 1. The Balaban J connectivity index is 2.66. The quantitative estimate of drug-likeness (QED) is 0.764. The van der Waals surface area contributed by atoms with Crippen molar-refractivity contribution in [3.05, 3.63) is 40.4 Å². The molecule has 2 aromatic rings. The molecule has 0 radical (unpaired) electrons. The maximum atomic E-state index is 11.5. The van der Waals surface area contributed by atoms with E-state index in [-0.39, 0.29) is 5.56 Å². The molecule has 0 unspecified atom stereocenters. The summed E-state index contributed by atoms with van der Waals surface area (Å²) in [5.41, 5.74) is 0.618. The summed E-state index contributed by atoms with van der Waals surface area (Å²) in [4.78, 5) is 18.5. The molecule has 0 fully saturated rings. The van der Waals surface area contributed by atoms with E-state index >= 15 is 0 Å². The molecular formula is C10H9ClN2O. The van der Waals surface area contributed by atoms with E-state index in [1.54, 1.807) is 6.07 Å². The van der Waals surface area contributed by atoms with Gasteiger partial charge in [0, 0.05) is 12.3 Å². The predicted molar refractivity (Wildman–Crippen MR) is 56.8 cm³/mol. The number of aromatic nitrogens is 2. The molecule has 1 N–H and O–H groups in total. The van der Waals surface area contributed by atoms with Crippen molar-refractivity contribution in [3.63, 3.8) is 0 Å². The Bertz CT molecular complexity index is 507. The SMILES string of the molecule is O=c1[nH]c(CCCl)nc2ccccc12. The van der Waals surface area contributed by atoms with Gasteiger partial charge < -0.3 is 4.98 Å². The van der Waals surface area contributed by atoms with E-state index in [2.05, 4.69) is 9.97 Å². The fourth-order valence-corrected chi connectivity index (χ4v) is 1.52. The van der Waals surface area contributed by atoms with Crippen LogP contribution in [0.1, 0.15) is 5.82 Å². The molecule has 72 valence electrons. The summed E-state index contributed by atoms with van der Waals surface area (Å²) in [7, 11) is 0. The van der Waals surface area contributed by atoms with Crippen LogP contribution < -0.4 is 5.56 Å². The molecule has 4 heteroatoms. The lowest BCUT2D eigenvalue weighted by Gasteiger charge is -1.99. The van der Waals surface area contributed by atoms with Crippen molar-refractivity contribution in [1.82, 2.24) is 9.97 Å². The molecule has 0 amide bonds. The van der Waals surface area contributed by atoms with Gasteiger partial charge in [0.25, 0.3) is 5.56 Å². The van der Waals surface area contributed by atoms with E-state index in [0.717, 1.165) is 5.52 Å². The third-order valence-electron chi connectivity index (χ3n) is 1.99. The summed E-state index contributed by atoms with van der Waals surface area (Å²) in [6, 6.07) is 7.26. The number of halogens is 1. The molecule has 0 atom stereocenters. The second-order valence-electron chi connectivity index (χ2n) is 2.97. The zero-order valence-electron chi connectivity index (χ0n) is 7.46. The van der Waals surface area contributed by atoms with E-state index in [1.807, 2.05) is 18.2 Å². The van der Waals surface area contributed by atoms with Gasteiger partial charge in [-0.05, 0) is 12.1 Å². The highest BCUT2D eigenvalue weighted by Crippen LogP contribution is 2.05. The molecule has 0 spiro atoms. The summed E-state index contributed by atoms with van der Waals surface area (Å²) >= 11 is 5.58. The number of nitrogens with zero attached hydrogens (tertiary/aromatic N) is 1. The van der Waals surface area contributed by atoms with Gasteiger partial charge in [0.15, 0.2) is 0 Å². The maximum absolute atomic E-state index is 11.5. The molecular weight excluding hydrogens is 200 g/mol. The number of nitrogens with one attached hydrogen (secondary N) is 1. The molecule has 0 saturated heterocycles. The number of aromatic amines is 1. The molecule has 0 saturated carbocycles. The second kappa shape index (κ2) is 3.80. The Hall–Kier alpha value is -1.35. The van der Waals surface area contributed by atoms with Crippen molar-refractivity contribution in [2.45, 2.75) is 6.42 Å². The lowest BCUT2D eigenvalue weighted by atomic mass is 10.2. The van der Waals surface area contributed by atoms with Crippen LogP contribution in [0.15, 0.2) is 29.1 Å². The van der Waals surface area contributed by atoms with Gasteiger partial charge in [-0.1, -0.05) is 12.1 Å². The molecule has 3 nitrogen and oxygen atoms in total. The zero-order valence-corrected chi connectivity index (χ0v) is 8.21. The summed E-state index contributed by atoms with van der Waals surface area (Å²) in [5, 5.41) is 0.617. The van der Waals surface area contributed by atoms with Crippen LogP contribution in [0.5, 0.6) is 0 Å². The third kappa shape index (κ3) is 1.63. The van der Waals surface area contributed by atoms with E-state index < -0.39 is 0 Å². The molecule has 1 heterocycles. The van der Waals surface area contributed by atoms with Crippen LogP contribution in [0, 0.1) is 0 Å². The Morgan fingerprint density at radius 2 is 2.14 bits per heavy atom. The van der Waals surface area contributed by atoms with Crippen molar-refractivity contribution in [3.8, 4) is 0 Å². The maximum Gasteiger partial charge on any atom is 0.258 e. The molecule has 1 aromatic carbocycles. The van der Waals surface area contributed by atoms with Crippen molar-refractivity contribution < 1.29 is 0 Å². The minimum absolute atomic E-state index is 0.101. The van der Waals surface area contributed by atoms with Gasteiger partial charge in [0.2, 0.25) is 0 Å². The fraction of sp³-hybridized carbons (Fsp3) is 0.200. The Morgan fingerprint density at radius 3 is 2.93 bits per heavy atom. The van der Waals surface area contributed by atoms with Gasteiger partial charge >= 0.3 is 0 Å². The third-order valence-corrected chi connectivity index (χ3v) is 2.18. The van der Waals surface area contributed by atoms with Crippen LogP contribution in [0.4, 0.5) is 0 Å². The number of hydrogen-bond donors (Lipinski definition) is 1. The summed E-state index contributed by atoms with van der Waals surface area (Å²) < 4.78 is 0. The minimum Gasteiger partial charge on any atom is -0.310 e. The first-order chi connectivity index (χ1) is 6.81. The molecule has 0 aliphatic carbocycles. The summed E-state index contributed by atoms with van der Waals surface area (Å²) in [6.07, 6.45) is 0.585. The van der Waals surface area contributed by atoms with Crippen LogP contribution in [-0.2, 0) is 6.42 Å². The molecule has 14 heavy (non-hydrogen) atoms. The number of benzene rings is 1. The van der Waals surface area contributed by atoms with Gasteiger partial charge in [0.1, 0.15) is 5.82 Å². The van der Waals surface area contributed by atoms with Crippen LogP contribution >= 0.6 is 11.6 Å². The number of aryl methyl sites for hydroxylation is 1. The first-order valence-electron chi connectivity index (χ1n) is 4.35. The number of rotatable bonds is 2. The van der Waals surface area contributed by atoms with Gasteiger partial charge in [-0.3, -0.25) is 4.79 Å². The van der Waals surface area contributed by atoms with Crippen molar-refractivity contribution >= 4 is 22.5 Å². The highest BCUT2D eigenvalue weighted by molar-refractivity contribution is 6.17. The van der Waals surface area contributed by atoms with Gasteiger partial charge in [-0.25, -0.2) is 4.98 Å². The summed E-state index contributed by atoms with van der Waals surface area (Å²) in [5.74, 6) is 1.10. The fourth-order valence-electron chi connectivity index (χ4n) is 1.34. The number of hydrogen-bond acceptors (Lipinski definition) is 2. The zero-order chi connectivity index (χ0) is 9.97. The Morgan fingerprint density at radius 1 is 1.36 bits per heavy atom. The normalized spacial score (nSPS) is 10.6. The minimum atomic E-state index is -0.101. The topological polar surface area (TPSA) is 45.8 Å². The average molecular weight is 209 g/mol. The van der Waals surface area contributed by atoms with Crippen LogP contribution in [0.3, 0.4) is 0 Å². The van der Waals surface area contributed by atoms with Crippen molar-refractivity contribution in [2.24, 2.45) is 0 Å². The number of fused-ring (bicyclic) bond motifs is 1.